The second-order valence-electron chi connectivity index (χ2n) is 4.79. The lowest BCUT2D eigenvalue weighted by atomic mass is 9.99. The molecule has 1 aliphatic carbocycles. The van der Waals surface area contributed by atoms with Gasteiger partial charge in [-0.25, -0.2) is 0 Å². The van der Waals surface area contributed by atoms with Crippen molar-refractivity contribution < 1.29 is 4.79 Å². The van der Waals surface area contributed by atoms with Crippen molar-refractivity contribution in [2.24, 2.45) is 5.92 Å². The number of hydrogen-bond donors (Lipinski definition) is 2. The van der Waals surface area contributed by atoms with Gasteiger partial charge in [0, 0.05) is 13.1 Å². The minimum Gasteiger partial charge on any atom is -0.358 e. The van der Waals surface area contributed by atoms with Crippen molar-refractivity contribution in [3.8, 4) is 0 Å². The van der Waals surface area contributed by atoms with Crippen LogP contribution in [-0.2, 0) is 4.79 Å². The first-order chi connectivity index (χ1) is 7.13. The van der Waals surface area contributed by atoms with Gasteiger partial charge in [-0.05, 0) is 26.2 Å². The lowest BCUT2D eigenvalue weighted by molar-refractivity contribution is -0.122. The fourth-order valence-electron chi connectivity index (χ4n) is 2.53. The highest BCUT2D eigenvalue weighted by atomic mass is 16.2. The Morgan fingerprint density at radius 1 is 1.33 bits per heavy atom. The van der Waals surface area contributed by atoms with Gasteiger partial charge in [-0.1, -0.05) is 25.7 Å². The third kappa shape index (κ3) is 4.20. The highest BCUT2D eigenvalue weighted by molar-refractivity contribution is 5.80. The first kappa shape index (κ1) is 12.5. The van der Waals surface area contributed by atoms with E-state index in [0.29, 0.717) is 6.04 Å². The zero-order valence-electron chi connectivity index (χ0n) is 10.2. The summed E-state index contributed by atoms with van der Waals surface area (Å²) in [4.78, 5) is 11.3. The normalized spacial score (nSPS) is 21.3. The van der Waals surface area contributed by atoms with Gasteiger partial charge in [0.2, 0.25) is 5.91 Å². The van der Waals surface area contributed by atoms with Gasteiger partial charge >= 0.3 is 0 Å². The summed E-state index contributed by atoms with van der Waals surface area (Å²) in [5, 5.41) is 6.01. The summed E-state index contributed by atoms with van der Waals surface area (Å²) in [6.45, 7) is 4.10. The highest BCUT2D eigenvalue weighted by Crippen LogP contribution is 2.28. The molecular formula is C12H24N2O. The smallest absolute Gasteiger partial charge is 0.236 e. The van der Waals surface area contributed by atoms with E-state index in [1.54, 1.807) is 7.05 Å². The molecule has 0 radical (unpaired) electrons. The third-order valence-electron chi connectivity index (χ3n) is 3.34. The highest BCUT2D eigenvalue weighted by Gasteiger charge is 2.20. The molecule has 15 heavy (non-hydrogen) atoms. The van der Waals surface area contributed by atoms with Crippen LogP contribution in [-0.4, -0.2) is 25.0 Å². The van der Waals surface area contributed by atoms with E-state index < -0.39 is 0 Å². The number of rotatable bonds is 5. The Morgan fingerprint density at radius 2 is 1.93 bits per heavy atom. The maximum absolute atomic E-state index is 11.3. The van der Waals surface area contributed by atoms with Crippen LogP contribution >= 0.6 is 0 Å². The van der Waals surface area contributed by atoms with Crippen LogP contribution in [0.5, 0.6) is 0 Å². The minimum atomic E-state index is -0.0774. The predicted molar refractivity (Wildman–Crippen MR) is 62.7 cm³/mol. The van der Waals surface area contributed by atoms with E-state index in [-0.39, 0.29) is 11.9 Å². The number of hydrogen-bond acceptors (Lipinski definition) is 2. The summed E-state index contributed by atoms with van der Waals surface area (Å²) in [7, 11) is 1.68. The van der Waals surface area contributed by atoms with Gasteiger partial charge < -0.3 is 10.6 Å². The molecule has 0 bridgehead atoms. The molecule has 0 heterocycles. The quantitative estimate of drug-likeness (QED) is 0.728. The van der Waals surface area contributed by atoms with E-state index in [1.165, 1.54) is 32.1 Å². The molecule has 1 rings (SSSR count). The van der Waals surface area contributed by atoms with Crippen molar-refractivity contribution in [2.45, 2.75) is 58.0 Å². The molecule has 3 heteroatoms. The monoisotopic (exact) mass is 212 g/mol. The van der Waals surface area contributed by atoms with Crippen molar-refractivity contribution in [3.05, 3.63) is 0 Å². The second-order valence-corrected chi connectivity index (χ2v) is 4.79. The molecule has 1 fully saturated rings. The van der Waals surface area contributed by atoms with Crippen LogP contribution in [0.25, 0.3) is 0 Å². The van der Waals surface area contributed by atoms with Crippen LogP contribution in [0.15, 0.2) is 0 Å². The minimum absolute atomic E-state index is 0.0771. The molecule has 0 aromatic carbocycles. The van der Waals surface area contributed by atoms with Crippen LogP contribution < -0.4 is 10.6 Å². The van der Waals surface area contributed by atoms with Gasteiger partial charge in [-0.3, -0.25) is 4.79 Å². The van der Waals surface area contributed by atoms with Gasteiger partial charge in [-0.2, -0.15) is 0 Å². The molecule has 1 amide bonds. The average molecular weight is 212 g/mol. The zero-order valence-corrected chi connectivity index (χ0v) is 10.2. The van der Waals surface area contributed by atoms with E-state index in [0.717, 1.165) is 5.92 Å². The topological polar surface area (TPSA) is 41.1 Å². The summed E-state index contributed by atoms with van der Waals surface area (Å²) in [5.41, 5.74) is 0. The number of likely N-dealkylation sites (N-methyl/N-ethyl adjacent to an activating group) is 1. The molecule has 1 unspecified atom stereocenters. The van der Waals surface area contributed by atoms with Gasteiger partial charge in [0.1, 0.15) is 0 Å². The van der Waals surface area contributed by atoms with Gasteiger partial charge in [0.05, 0.1) is 6.04 Å². The molecule has 88 valence electrons. The first-order valence-corrected chi connectivity index (χ1v) is 6.11. The van der Waals surface area contributed by atoms with E-state index in [9.17, 15) is 4.79 Å². The Kier molecular flexibility index (Phi) is 5.09. The number of carbonyl (C=O) groups excluding carboxylic acids is 1. The van der Waals surface area contributed by atoms with E-state index in [4.69, 9.17) is 0 Å². The largest absolute Gasteiger partial charge is 0.358 e. The van der Waals surface area contributed by atoms with Crippen LogP contribution in [0.3, 0.4) is 0 Å². The lowest BCUT2D eigenvalue weighted by Crippen LogP contribution is -2.45. The van der Waals surface area contributed by atoms with Crippen molar-refractivity contribution in [1.29, 1.82) is 0 Å². The number of amides is 1. The van der Waals surface area contributed by atoms with Crippen LogP contribution in [0.1, 0.15) is 46.0 Å². The second kappa shape index (κ2) is 6.11. The maximum atomic E-state index is 11.3. The van der Waals surface area contributed by atoms with E-state index in [1.807, 2.05) is 6.92 Å². The Bertz CT molecular complexity index is 200. The predicted octanol–water partition coefficient (Wildman–Crippen LogP) is 1.68. The van der Waals surface area contributed by atoms with Crippen LogP contribution in [0.2, 0.25) is 0 Å². The fraction of sp³-hybridized carbons (Fsp3) is 0.917. The summed E-state index contributed by atoms with van der Waals surface area (Å²) < 4.78 is 0. The fourth-order valence-corrected chi connectivity index (χ4v) is 2.53. The molecule has 0 spiro atoms. The molecule has 0 aromatic rings. The van der Waals surface area contributed by atoms with E-state index in [2.05, 4.69) is 17.6 Å². The Morgan fingerprint density at radius 3 is 2.47 bits per heavy atom. The van der Waals surface area contributed by atoms with E-state index >= 15 is 0 Å². The Balaban J connectivity index is 2.22. The molecule has 0 saturated heterocycles. The summed E-state index contributed by atoms with van der Waals surface area (Å²) in [5.74, 6) is 0.956. The number of carbonyl (C=O) groups is 1. The van der Waals surface area contributed by atoms with Crippen LogP contribution in [0, 0.1) is 5.92 Å². The zero-order chi connectivity index (χ0) is 11.3. The SMILES string of the molecule is CNC(=O)[C@@H](C)NC(C)CC1CCCC1. The lowest BCUT2D eigenvalue weighted by Gasteiger charge is -2.21. The van der Waals surface area contributed by atoms with Gasteiger partial charge in [0.15, 0.2) is 0 Å². The van der Waals surface area contributed by atoms with Gasteiger partial charge in [0.25, 0.3) is 0 Å². The maximum Gasteiger partial charge on any atom is 0.236 e. The summed E-state index contributed by atoms with van der Waals surface area (Å²) >= 11 is 0. The standard InChI is InChI=1S/C12H24N2O/c1-9(8-11-6-4-5-7-11)14-10(2)12(15)13-3/h9-11,14H,4-8H2,1-3H3,(H,13,15)/t9?,10-/m1/s1. The Labute approximate surface area is 93.0 Å². The van der Waals surface area contributed by atoms with Crippen molar-refractivity contribution in [2.75, 3.05) is 7.05 Å². The molecule has 1 saturated carbocycles. The average Bonchev–Trinajstić information content (AvgIpc) is 2.68. The van der Waals surface area contributed by atoms with Crippen molar-refractivity contribution in [3.63, 3.8) is 0 Å². The molecule has 2 N–H and O–H groups in total. The van der Waals surface area contributed by atoms with Crippen molar-refractivity contribution in [1.82, 2.24) is 10.6 Å². The molecule has 2 atom stereocenters. The van der Waals surface area contributed by atoms with Gasteiger partial charge in [-0.15, -0.1) is 0 Å². The molecule has 0 aromatic heterocycles. The first-order valence-electron chi connectivity index (χ1n) is 6.11. The molecular weight excluding hydrogens is 188 g/mol. The molecule has 0 aliphatic heterocycles. The molecule has 1 aliphatic rings. The van der Waals surface area contributed by atoms with Crippen molar-refractivity contribution >= 4 is 5.91 Å². The Hall–Kier alpha value is -0.570. The molecule has 3 nitrogen and oxygen atoms in total. The number of nitrogens with one attached hydrogen (secondary N) is 2. The third-order valence-corrected chi connectivity index (χ3v) is 3.34. The summed E-state index contributed by atoms with van der Waals surface area (Å²) in [6, 6.07) is 0.367. The summed E-state index contributed by atoms with van der Waals surface area (Å²) in [6.07, 6.45) is 6.74. The van der Waals surface area contributed by atoms with Crippen LogP contribution in [0.4, 0.5) is 0 Å².